The molecule has 3 heteroatoms. The summed E-state index contributed by atoms with van der Waals surface area (Å²) in [5, 5.41) is 8.78. The Kier molecular flexibility index (Phi) is 1.59. The van der Waals surface area contributed by atoms with Crippen molar-refractivity contribution in [3.63, 3.8) is 0 Å². The molecule has 1 atom stereocenters. The summed E-state index contributed by atoms with van der Waals surface area (Å²) in [6.07, 6.45) is 2.87. The monoisotopic (exact) mass is 153 g/mol. The van der Waals surface area contributed by atoms with Gasteiger partial charge in [0.05, 0.1) is 19.3 Å². The molecule has 0 amide bonds. The van der Waals surface area contributed by atoms with Crippen LogP contribution in [0.2, 0.25) is 0 Å². The Morgan fingerprint density at radius 1 is 1.36 bits per heavy atom. The Hall–Kier alpha value is -0.590. The van der Waals surface area contributed by atoms with Crippen molar-refractivity contribution in [2.24, 2.45) is 5.92 Å². The Bertz CT molecular complexity index is 185. The van der Waals surface area contributed by atoms with E-state index >= 15 is 0 Å². The second-order valence-electron chi connectivity index (χ2n) is 3.08. The first-order valence-corrected chi connectivity index (χ1v) is 4.05. The fourth-order valence-electron chi connectivity index (χ4n) is 1.93. The molecule has 0 aromatic carbocycles. The molecule has 0 aromatic rings. The van der Waals surface area contributed by atoms with Crippen LogP contribution in [0.4, 0.5) is 0 Å². The normalized spacial score (nSPS) is 34.3. The minimum atomic E-state index is -0.505. The second kappa shape index (κ2) is 2.47. The van der Waals surface area contributed by atoms with Crippen molar-refractivity contribution >= 4 is 0 Å². The van der Waals surface area contributed by atoms with Crippen LogP contribution >= 0.6 is 0 Å². The molecule has 1 spiro atoms. The Balaban J connectivity index is 2.17. The largest absolute Gasteiger partial charge is 0.346 e. The van der Waals surface area contributed by atoms with Gasteiger partial charge in [-0.2, -0.15) is 5.26 Å². The van der Waals surface area contributed by atoms with E-state index < -0.39 is 5.79 Å². The number of nitrogens with zero attached hydrogens (tertiary/aromatic N) is 1. The van der Waals surface area contributed by atoms with Crippen molar-refractivity contribution in [1.82, 2.24) is 0 Å². The van der Waals surface area contributed by atoms with Crippen LogP contribution in [0, 0.1) is 17.2 Å². The van der Waals surface area contributed by atoms with E-state index in [2.05, 4.69) is 6.07 Å². The third kappa shape index (κ3) is 0.943. The van der Waals surface area contributed by atoms with Crippen LogP contribution in [0.25, 0.3) is 0 Å². The molecule has 60 valence electrons. The summed E-state index contributed by atoms with van der Waals surface area (Å²) in [5.41, 5.74) is 0. The molecular formula is C8H11NO2. The van der Waals surface area contributed by atoms with Crippen LogP contribution in [0.5, 0.6) is 0 Å². The lowest BCUT2D eigenvalue weighted by molar-refractivity contribution is -0.168. The Labute approximate surface area is 65.9 Å². The molecule has 1 heterocycles. The predicted octanol–water partition coefficient (Wildman–Crippen LogP) is 1.05. The molecule has 1 unspecified atom stereocenters. The minimum Gasteiger partial charge on any atom is -0.346 e. The van der Waals surface area contributed by atoms with Crippen molar-refractivity contribution in [1.29, 1.82) is 5.26 Å². The Morgan fingerprint density at radius 3 is 2.73 bits per heavy atom. The summed E-state index contributed by atoms with van der Waals surface area (Å²) < 4.78 is 10.9. The molecule has 0 radical (unpaired) electrons. The van der Waals surface area contributed by atoms with Gasteiger partial charge in [0.2, 0.25) is 0 Å². The van der Waals surface area contributed by atoms with Gasteiger partial charge in [-0.05, 0) is 12.8 Å². The third-order valence-corrected chi connectivity index (χ3v) is 2.48. The maximum atomic E-state index is 8.78. The molecular weight excluding hydrogens is 142 g/mol. The van der Waals surface area contributed by atoms with Gasteiger partial charge < -0.3 is 9.47 Å². The van der Waals surface area contributed by atoms with Gasteiger partial charge in [-0.15, -0.1) is 0 Å². The number of nitriles is 1. The van der Waals surface area contributed by atoms with Crippen LogP contribution in [-0.2, 0) is 9.47 Å². The molecule has 0 N–H and O–H groups in total. The molecule has 2 rings (SSSR count). The van der Waals surface area contributed by atoms with Gasteiger partial charge in [-0.25, -0.2) is 0 Å². The lowest BCUT2D eigenvalue weighted by atomic mass is 10.1. The van der Waals surface area contributed by atoms with Crippen molar-refractivity contribution in [2.45, 2.75) is 25.0 Å². The Morgan fingerprint density at radius 2 is 2.09 bits per heavy atom. The van der Waals surface area contributed by atoms with Crippen LogP contribution in [0.1, 0.15) is 19.3 Å². The fraction of sp³-hybridized carbons (Fsp3) is 0.875. The quantitative estimate of drug-likeness (QED) is 0.522. The van der Waals surface area contributed by atoms with Crippen molar-refractivity contribution < 1.29 is 9.47 Å². The van der Waals surface area contributed by atoms with Gasteiger partial charge in [0.25, 0.3) is 0 Å². The van der Waals surface area contributed by atoms with E-state index in [4.69, 9.17) is 14.7 Å². The molecule has 0 bridgehead atoms. The third-order valence-electron chi connectivity index (χ3n) is 2.48. The van der Waals surface area contributed by atoms with Gasteiger partial charge in [0.1, 0.15) is 5.92 Å². The highest BCUT2D eigenvalue weighted by atomic mass is 16.7. The molecule has 1 aliphatic heterocycles. The highest BCUT2D eigenvalue weighted by Crippen LogP contribution is 2.41. The highest BCUT2D eigenvalue weighted by Gasteiger charge is 2.48. The molecule has 2 aliphatic rings. The number of hydrogen-bond acceptors (Lipinski definition) is 3. The first kappa shape index (κ1) is 7.08. The molecule has 3 nitrogen and oxygen atoms in total. The average Bonchev–Trinajstić information content (AvgIpc) is 2.62. The number of ether oxygens (including phenoxy) is 2. The highest BCUT2D eigenvalue weighted by molar-refractivity contribution is 5.00. The maximum Gasteiger partial charge on any atom is 0.184 e. The molecule has 1 saturated carbocycles. The van der Waals surface area contributed by atoms with E-state index in [0.29, 0.717) is 13.2 Å². The lowest BCUT2D eigenvalue weighted by Crippen LogP contribution is -2.33. The van der Waals surface area contributed by atoms with Gasteiger partial charge >= 0.3 is 0 Å². The van der Waals surface area contributed by atoms with E-state index in [1.165, 1.54) is 0 Å². The van der Waals surface area contributed by atoms with Crippen molar-refractivity contribution in [2.75, 3.05) is 13.2 Å². The zero-order valence-electron chi connectivity index (χ0n) is 6.38. The molecule has 11 heavy (non-hydrogen) atoms. The van der Waals surface area contributed by atoms with E-state index in [9.17, 15) is 0 Å². The minimum absolute atomic E-state index is 0.0370. The van der Waals surface area contributed by atoms with Gasteiger partial charge in [-0.3, -0.25) is 0 Å². The molecule has 1 aliphatic carbocycles. The van der Waals surface area contributed by atoms with Gasteiger partial charge in [-0.1, -0.05) is 0 Å². The van der Waals surface area contributed by atoms with Crippen LogP contribution in [-0.4, -0.2) is 19.0 Å². The smallest absolute Gasteiger partial charge is 0.184 e. The first-order valence-electron chi connectivity index (χ1n) is 4.05. The van der Waals surface area contributed by atoms with E-state index in [-0.39, 0.29) is 5.92 Å². The summed E-state index contributed by atoms with van der Waals surface area (Å²) in [7, 11) is 0. The lowest BCUT2D eigenvalue weighted by Gasteiger charge is -2.24. The topological polar surface area (TPSA) is 42.2 Å². The maximum absolute atomic E-state index is 8.78. The zero-order chi connectivity index (χ0) is 7.73. The molecule has 1 saturated heterocycles. The summed E-state index contributed by atoms with van der Waals surface area (Å²) in [6.45, 7) is 1.30. The van der Waals surface area contributed by atoms with E-state index in [1.807, 2.05) is 0 Å². The zero-order valence-corrected chi connectivity index (χ0v) is 6.38. The van der Waals surface area contributed by atoms with Crippen LogP contribution < -0.4 is 0 Å². The van der Waals surface area contributed by atoms with Crippen LogP contribution in [0.3, 0.4) is 0 Å². The fourth-order valence-corrected chi connectivity index (χ4v) is 1.93. The number of hydrogen-bond donors (Lipinski definition) is 0. The summed E-state index contributed by atoms with van der Waals surface area (Å²) in [6, 6.07) is 2.25. The number of rotatable bonds is 0. The van der Waals surface area contributed by atoms with E-state index in [0.717, 1.165) is 19.3 Å². The summed E-state index contributed by atoms with van der Waals surface area (Å²) >= 11 is 0. The van der Waals surface area contributed by atoms with Gasteiger partial charge in [0.15, 0.2) is 5.79 Å². The van der Waals surface area contributed by atoms with E-state index in [1.54, 1.807) is 0 Å². The standard InChI is InChI=1S/C8H11NO2/c9-6-7-2-1-3-8(7)10-4-5-11-8/h7H,1-5H2. The average molecular weight is 153 g/mol. The second-order valence-corrected chi connectivity index (χ2v) is 3.08. The van der Waals surface area contributed by atoms with Crippen molar-refractivity contribution in [3.05, 3.63) is 0 Å². The molecule has 2 fully saturated rings. The summed E-state index contributed by atoms with van der Waals surface area (Å²) in [5.74, 6) is -0.542. The predicted molar refractivity (Wildman–Crippen MR) is 37.6 cm³/mol. The SMILES string of the molecule is N#CC1CCCC12OCCO2. The first-order chi connectivity index (χ1) is 5.37. The van der Waals surface area contributed by atoms with Crippen LogP contribution in [0.15, 0.2) is 0 Å². The molecule has 0 aromatic heterocycles. The summed E-state index contributed by atoms with van der Waals surface area (Å²) in [4.78, 5) is 0. The van der Waals surface area contributed by atoms with Crippen molar-refractivity contribution in [3.8, 4) is 6.07 Å². The van der Waals surface area contributed by atoms with Gasteiger partial charge in [0, 0.05) is 6.42 Å².